The molecule has 1 aromatic heterocycles. The fourth-order valence-electron chi connectivity index (χ4n) is 3.52. The highest BCUT2D eigenvalue weighted by Crippen LogP contribution is 2.30. The molecular weight excluding hydrogens is 332 g/mol. The number of carboxylic acids is 1. The molecule has 0 saturated carbocycles. The Morgan fingerprint density at radius 1 is 1.04 bits per heavy atom. The number of ether oxygens (including phenoxy) is 1. The van der Waals surface area contributed by atoms with Gasteiger partial charge in [0.2, 0.25) is 6.10 Å². The number of fused-ring (bicyclic) bond motifs is 3. The quantitative estimate of drug-likeness (QED) is 0.723. The van der Waals surface area contributed by atoms with Crippen molar-refractivity contribution >= 4 is 16.9 Å². The molecule has 5 nitrogen and oxygen atoms in total. The van der Waals surface area contributed by atoms with Gasteiger partial charge in [-0.1, -0.05) is 30.3 Å². The molecule has 0 saturated heterocycles. The number of hydrogen-bond acceptors (Lipinski definition) is 4. The van der Waals surface area contributed by atoms with Gasteiger partial charge in [-0.05, 0) is 43.4 Å². The number of benzene rings is 2. The van der Waals surface area contributed by atoms with Gasteiger partial charge < -0.3 is 14.3 Å². The molecule has 3 aromatic rings. The van der Waals surface area contributed by atoms with Gasteiger partial charge in [0.15, 0.2) is 0 Å². The number of aryl methyl sites for hydroxylation is 1. The number of rotatable bonds is 4. The van der Waals surface area contributed by atoms with Gasteiger partial charge in [-0.15, -0.1) is 0 Å². The van der Waals surface area contributed by atoms with Gasteiger partial charge in [0.25, 0.3) is 0 Å². The second-order valence-corrected chi connectivity index (χ2v) is 6.46. The number of aliphatic carboxylic acids is 1. The lowest BCUT2D eigenvalue weighted by Crippen LogP contribution is -2.18. The van der Waals surface area contributed by atoms with E-state index in [1.54, 1.807) is 36.4 Å². The van der Waals surface area contributed by atoms with E-state index in [1.807, 2.05) is 12.1 Å². The highest BCUT2D eigenvalue weighted by atomic mass is 16.5. The maximum atomic E-state index is 12.2. The molecule has 1 heterocycles. The molecular formula is C21H18O5. The predicted octanol–water partition coefficient (Wildman–Crippen LogP) is 3.88. The van der Waals surface area contributed by atoms with Crippen LogP contribution in [0.15, 0.2) is 57.7 Å². The van der Waals surface area contributed by atoms with Crippen LogP contribution in [0.25, 0.3) is 11.0 Å². The largest absolute Gasteiger partial charge is 0.478 e. The van der Waals surface area contributed by atoms with Gasteiger partial charge in [0, 0.05) is 22.6 Å². The average molecular weight is 350 g/mol. The molecule has 0 unspecified atom stereocenters. The molecule has 0 fully saturated rings. The second-order valence-electron chi connectivity index (χ2n) is 6.46. The average Bonchev–Trinajstić information content (AvgIpc) is 2.66. The summed E-state index contributed by atoms with van der Waals surface area (Å²) in [5, 5.41) is 10.4. The molecule has 1 aliphatic carbocycles. The van der Waals surface area contributed by atoms with E-state index in [-0.39, 0.29) is 5.63 Å². The molecule has 4 rings (SSSR count). The van der Waals surface area contributed by atoms with Gasteiger partial charge in [0.05, 0.1) is 0 Å². The first kappa shape index (κ1) is 16.4. The third-order valence-electron chi connectivity index (χ3n) is 4.78. The number of carbonyl (C=O) groups is 1. The van der Waals surface area contributed by atoms with Crippen molar-refractivity contribution in [3.63, 3.8) is 0 Å². The molecule has 0 bridgehead atoms. The fraction of sp³-hybridized carbons (Fsp3) is 0.238. The van der Waals surface area contributed by atoms with Crippen molar-refractivity contribution in [2.45, 2.75) is 31.8 Å². The highest BCUT2D eigenvalue weighted by Gasteiger charge is 2.23. The SMILES string of the molecule is O=C(O)[C@@H](Oc1ccc2c3c(c(=O)oc2c1)CCCC3)c1ccccc1. The smallest absolute Gasteiger partial charge is 0.349 e. The van der Waals surface area contributed by atoms with Crippen LogP contribution >= 0.6 is 0 Å². The second kappa shape index (κ2) is 6.67. The van der Waals surface area contributed by atoms with Gasteiger partial charge in [0.1, 0.15) is 11.3 Å². The summed E-state index contributed by atoms with van der Waals surface area (Å²) in [6.07, 6.45) is 2.54. The van der Waals surface area contributed by atoms with Crippen LogP contribution < -0.4 is 10.4 Å². The Balaban J connectivity index is 1.73. The summed E-state index contributed by atoms with van der Waals surface area (Å²) in [7, 11) is 0. The van der Waals surface area contributed by atoms with Gasteiger partial charge in [-0.2, -0.15) is 0 Å². The molecule has 132 valence electrons. The van der Waals surface area contributed by atoms with E-state index in [0.29, 0.717) is 16.9 Å². The Hall–Kier alpha value is -3.08. The summed E-state index contributed by atoms with van der Waals surface area (Å²) in [5.41, 5.74) is 2.50. The van der Waals surface area contributed by atoms with Crippen molar-refractivity contribution in [1.29, 1.82) is 0 Å². The lowest BCUT2D eigenvalue weighted by atomic mass is 9.91. The molecule has 1 N–H and O–H groups in total. The van der Waals surface area contributed by atoms with Crippen molar-refractivity contribution < 1.29 is 19.1 Å². The number of hydrogen-bond donors (Lipinski definition) is 1. The molecule has 1 aliphatic rings. The molecule has 0 spiro atoms. The fourth-order valence-corrected chi connectivity index (χ4v) is 3.52. The summed E-state index contributed by atoms with van der Waals surface area (Å²) in [6, 6.07) is 13.9. The minimum Gasteiger partial charge on any atom is -0.478 e. The first-order valence-electron chi connectivity index (χ1n) is 8.66. The molecule has 0 amide bonds. The minimum atomic E-state index is -1.13. The topological polar surface area (TPSA) is 76.7 Å². The van der Waals surface area contributed by atoms with Crippen LogP contribution in [0.3, 0.4) is 0 Å². The zero-order chi connectivity index (χ0) is 18.1. The molecule has 2 aromatic carbocycles. The van der Waals surface area contributed by atoms with E-state index in [1.165, 1.54) is 0 Å². The summed E-state index contributed by atoms with van der Waals surface area (Å²) in [4.78, 5) is 23.9. The predicted molar refractivity (Wildman–Crippen MR) is 96.6 cm³/mol. The molecule has 0 aliphatic heterocycles. The van der Waals surface area contributed by atoms with Crippen LogP contribution in [0.1, 0.15) is 35.6 Å². The van der Waals surface area contributed by atoms with Crippen molar-refractivity contribution in [2.75, 3.05) is 0 Å². The maximum Gasteiger partial charge on any atom is 0.349 e. The zero-order valence-corrected chi connectivity index (χ0v) is 14.1. The van der Waals surface area contributed by atoms with Crippen LogP contribution in [-0.4, -0.2) is 11.1 Å². The Kier molecular flexibility index (Phi) is 4.21. The van der Waals surface area contributed by atoms with E-state index < -0.39 is 12.1 Å². The summed E-state index contributed by atoms with van der Waals surface area (Å²) in [5.74, 6) is -0.726. The third-order valence-corrected chi connectivity index (χ3v) is 4.78. The Morgan fingerprint density at radius 3 is 2.50 bits per heavy atom. The van der Waals surface area contributed by atoms with E-state index >= 15 is 0 Å². The van der Waals surface area contributed by atoms with E-state index in [2.05, 4.69) is 0 Å². The molecule has 5 heteroatoms. The van der Waals surface area contributed by atoms with Crippen molar-refractivity contribution in [1.82, 2.24) is 0 Å². The van der Waals surface area contributed by atoms with Crippen LogP contribution in [0.2, 0.25) is 0 Å². The van der Waals surface area contributed by atoms with Gasteiger partial charge in [-0.3, -0.25) is 0 Å². The normalized spacial score (nSPS) is 14.6. The Morgan fingerprint density at radius 2 is 1.77 bits per heavy atom. The summed E-state index contributed by atoms with van der Waals surface area (Å²) in [6.45, 7) is 0. The van der Waals surface area contributed by atoms with E-state index in [9.17, 15) is 14.7 Å². The van der Waals surface area contributed by atoms with Crippen LogP contribution in [0.5, 0.6) is 5.75 Å². The van der Waals surface area contributed by atoms with E-state index in [4.69, 9.17) is 9.15 Å². The van der Waals surface area contributed by atoms with Gasteiger partial charge >= 0.3 is 11.6 Å². The van der Waals surface area contributed by atoms with E-state index in [0.717, 1.165) is 42.2 Å². The lowest BCUT2D eigenvalue weighted by Gasteiger charge is -2.18. The van der Waals surface area contributed by atoms with Crippen molar-refractivity contribution in [3.8, 4) is 5.75 Å². The first-order chi connectivity index (χ1) is 12.6. The molecule has 0 radical (unpaired) electrons. The monoisotopic (exact) mass is 350 g/mol. The lowest BCUT2D eigenvalue weighted by molar-refractivity contribution is -0.145. The summed E-state index contributed by atoms with van der Waals surface area (Å²) < 4.78 is 11.2. The highest BCUT2D eigenvalue weighted by molar-refractivity contribution is 5.83. The first-order valence-corrected chi connectivity index (χ1v) is 8.66. The van der Waals surface area contributed by atoms with Gasteiger partial charge in [-0.25, -0.2) is 9.59 Å². The van der Waals surface area contributed by atoms with Crippen LogP contribution in [0, 0.1) is 0 Å². The minimum absolute atomic E-state index is 0.304. The van der Waals surface area contributed by atoms with Crippen molar-refractivity contribution in [3.05, 3.63) is 75.6 Å². The van der Waals surface area contributed by atoms with Crippen molar-refractivity contribution in [2.24, 2.45) is 0 Å². The Bertz CT molecular complexity index is 1020. The number of carboxylic acid groups (broad SMARTS) is 1. The zero-order valence-electron chi connectivity index (χ0n) is 14.1. The molecule has 26 heavy (non-hydrogen) atoms. The third kappa shape index (κ3) is 2.96. The van der Waals surface area contributed by atoms with Crippen LogP contribution in [0.4, 0.5) is 0 Å². The van der Waals surface area contributed by atoms with Crippen LogP contribution in [-0.2, 0) is 17.6 Å². The summed E-state index contributed by atoms with van der Waals surface area (Å²) >= 11 is 0. The Labute approximate surface area is 149 Å². The molecule has 1 atom stereocenters. The maximum absolute atomic E-state index is 12.2. The standard InChI is InChI=1S/C21H18O5/c22-20(23)19(13-6-2-1-3-7-13)25-14-10-11-16-15-8-4-5-9-17(15)21(24)26-18(16)12-14/h1-3,6-7,10-12,19H,4-5,8-9H2,(H,22,23)/t19-/m0/s1.